The summed E-state index contributed by atoms with van der Waals surface area (Å²) >= 11 is 0. The van der Waals surface area contributed by atoms with Gasteiger partial charge in [-0.05, 0) is 24.3 Å². The second kappa shape index (κ2) is 6.77. The first-order valence-electron chi connectivity index (χ1n) is 7.04. The summed E-state index contributed by atoms with van der Waals surface area (Å²) in [6.07, 6.45) is 4.93. The SMILES string of the molecule is COc1ccccc1S(=O)(=O)NCc1cn(-c2cccnc2)nn1. The third-order valence-electron chi connectivity index (χ3n) is 3.25. The van der Waals surface area contributed by atoms with Crippen LogP contribution in [0.25, 0.3) is 5.69 Å². The van der Waals surface area contributed by atoms with E-state index in [1.807, 2.05) is 6.07 Å². The van der Waals surface area contributed by atoms with Crippen LogP contribution in [0.15, 0.2) is 59.9 Å². The molecule has 1 aromatic carbocycles. The van der Waals surface area contributed by atoms with Crippen LogP contribution in [0.5, 0.6) is 5.75 Å². The Morgan fingerprint density at radius 2 is 2.04 bits per heavy atom. The van der Waals surface area contributed by atoms with E-state index in [-0.39, 0.29) is 17.2 Å². The van der Waals surface area contributed by atoms with E-state index in [1.165, 1.54) is 17.9 Å². The number of hydrogen-bond donors (Lipinski definition) is 1. The van der Waals surface area contributed by atoms with Crippen LogP contribution in [0.1, 0.15) is 5.69 Å². The topological polar surface area (TPSA) is 99.0 Å². The molecular weight excluding hydrogens is 330 g/mol. The summed E-state index contributed by atoms with van der Waals surface area (Å²) in [5.41, 5.74) is 1.22. The van der Waals surface area contributed by atoms with Crippen LogP contribution < -0.4 is 9.46 Å². The average molecular weight is 345 g/mol. The lowest BCUT2D eigenvalue weighted by Crippen LogP contribution is -2.24. The van der Waals surface area contributed by atoms with Gasteiger partial charge in [0.25, 0.3) is 0 Å². The molecule has 1 N–H and O–H groups in total. The molecule has 0 saturated heterocycles. The number of sulfonamides is 1. The van der Waals surface area contributed by atoms with Gasteiger partial charge < -0.3 is 4.74 Å². The number of nitrogens with zero attached hydrogens (tertiary/aromatic N) is 4. The van der Waals surface area contributed by atoms with E-state index in [1.54, 1.807) is 42.9 Å². The zero-order chi connectivity index (χ0) is 17.0. The predicted octanol–water partition coefficient (Wildman–Crippen LogP) is 1.15. The van der Waals surface area contributed by atoms with Crippen LogP contribution in [-0.2, 0) is 16.6 Å². The van der Waals surface area contributed by atoms with E-state index < -0.39 is 10.0 Å². The van der Waals surface area contributed by atoms with Crippen LogP contribution in [0.4, 0.5) is 0 Å². The van der Waals surface area contributed by atoms with E-state index in [4.69, 9.17) is 4.74 Å². The summed E-state index contributed by atoms with van der Waals surface area (Å²) < 4.78 is 33.9. The summed E-state index contributed by atoms with van der Waals surface area (Å²) in [7, 11) is -2.30. The molecule has 2 aromatic heterocycles. The molecule has 0 unspecified atom stereocenters. The minimum Gasteiger partial charge on any atom is -0.495 e. The summed E-state index contributed by atoms with van der Waals surface area (Å²) in [5.74, 6) is 0.281. The van der Waals surface area contributed by atoms with Crippen LogP contribution in [0.3, 0.4) is 0 Å². The van der Waals surface area contributed by atoms with Gasteiger partial charge in [0.15, 0.2) is 0 Å². The third-order valence-corrected chi connectivity index (χ3v) is 4.69. The quantitative estimate of drug-likeness (QED) is 0.719. The Balaban J connectivity index is 1.75. The normalized spacial score (nSPS) is 11.4. The highest BCUT2D eigenvalue weighted by Crippen LogP contribution is 2.22. The molecule has 0 amide bonds. The van der Waals surface area contributed by atoms with Crippen LogP contribution in [0, 0.1) is 0 Å². The fourth-order valence-corrected chi connectivity index (χ4v) is 3.25. The van der Waals surface area contributed by atoms with Gasteiger partial charge in [-0.2, -0.15) is 0 Å². The molecule has 9 heteroatoms. The van der Waals surface area contributed by atoms with Crippen LogP contribution in [0.2, 0.25) is 0 Å². The number of nitrogens with one attached hydrogen (secondary N) is 1. The van der Waals surface area contributed by atoms with Gasteiger partial charge in [-0.3, -0.25) is 4.98 Å². The second-order valence-corrected chi connectivity index (χ2v) is 6.58. The maximum atomic E-state index is 12.4. The van der Waals surface area contributed by atoms with Crippen molar-refractivity contribution in [3.05, 3.63) is 60.7 Å². The number of methoxy groups -OCH3 is 1. The zero-order valence-electron chi connectivity index (χ0n) is 12.8. The van der Waals surface area contributed by atoms with Crippen molar-refractivity contribution in [2.45, 2.75) is 11.4 Å². The Hall–Kier alpha value is -2.78. The monoisotopic (exact) mass is 345 g/mol. The van der Waals surface area contributed by atoms with Crippen molar-refractivity contribution in [3.8, 4) is 11.4 Å². The largest absolute Gasteiger partial charge is 0.495 e. The first-order valence-corrected chi connectivity index (χ1v) is 8.53. The molecule has 0 fully saturated rings. The Morgan fingerprint density at radius 3 is 2.79 bits per heavy atom. The van der Waals surface area contributed by atoms with Gasteiger partial charge in [-0.25, -0.2) is 17.8 Å². The van der Waals surface area contributed by atoms with E-state index in [2.05, 4.69) is 20.0 Å². The Labute approximate surface area is 139 Å². The molecule has 0 bridgehead atoms. The molecule has 0 radical (unpaired) electrons. The van der Waals surface area contributed by atoms with Gasteiger partial charge in [-0.15, -0.1) is 5.10 Å². The Morgan fingerprint density at radius 1 is 1.21 bits per heavy atom. The minimum absolute atomic E-state index is 0.0145. The maximum Gasteiger partial charge on any atom is 0.244 e. The minimum atomic E-state index is -3.72. The number of hydrogen-bond acceptors (Lipinski definition) is 6. The molecule has 8 nitrogen and oxygen atoms in total. The smallest absolute Gasteiger partial charge is 0.244 e. The van der Waals surface area contributed by atoms with E-state index in [0.717, 1.165) is 5.69 Å². The van der Waals surface area contributed by atoms with Crippen molar-refractivity contribution >= 4 is 10.0 Å². The predicted molar refractivity (Wildman–Crippen MR) is 86.2 cm³/mol. The molecule has 0 saturated carbocycles. The van der Waals surface area contributed by atoms with Crippen LogP contribution >= 0.6 is 0 Å². The van der Waals surface area contributed by atoms with E-state index in [9.17, 15) is 8.42 Å². The number of para-hydroxylation sites is 1. The fourth-order valence-electron chi connectivity index (χ4n) is 2.08. The van der Waals surface area contributed by atoms with Gasteiger partial charge in [0.1, 0.15) is 10.6 Å². The fraction of sp³-hybridized carbons (Fsp3) is 0.133. The number of aromatic nitrogens is 4. The Bertz CT molecular complexity index is 925. The molecule has 3 aromatic rings. The molecule has 24 heavy (non-hydrogen) atoms. The van der Waals surface area contributed by atoms with Crippen molar-refractivity contribution in [1.29, 1.82) is 0 Å². The number of ether oxygens (including phenoxy) is 1. The number of rotatable bonds is 6. The van der Waals surface area contributed by atoms with Crippen molar-refractivity contribution in [1.82, 2.24) is 24.7 Å². The molecule has 2 heterocycles. The summed E-state index contributed by atoms with van der Waals surface area (Å²) in [6.45, 7) is 0.0145. The number of pyridine rings is 1. The molecular formula is C15H15N5O3S. The van der Waals surface area contributed by atoms with Gasteiger partial charge >= 0.3 is 0 Å². The highest BCUT2D eigenvalue weighted by Gasteiger charge is 2.19. The lowest BCUT2D eigenvalue weighted by molar-refractivity contribution is 0.402. The van der Waals surface area contributed by atoms with Crippen molar-refractivity contribution in [2.75, 3.05) is 7.11 Å². The molecule has 0 aliphatic carbocycles. The van der Waals surface area contributed by atoms with Crippen molar-refractivity contribution in [2.24, 2.45) is 0 Å². The third kappa shape index (κ3) is 3.42. The zero-order valence-corrected chi connectivity index (χ0v) is 13.6. The lowest BCUT2D eigenvalue weighted by atomic mass is 10.3. The van der Waals surface area contributed by atoms with Gasteiger partial charge in [0.05, 0.1) is 37.4 Å². The summed E-state index contributed by atoms with van der Waals surface area (Å²) in [5, 5.41) is 7.92. The highest BCUT2D eigenvalue weighted by molar-refractivity contribution is 7.89. The maximum absolute atomic E-state index is 12.4. The average Bonchev–Trinajstić information content (AvgIpc) is 3.10. The molecule has 3 rings (SSSR count). The molecule has 0 atom stereocenters. The van der Waals surface area contributed by atoms with Crippen molar-refractivity contribution < 1.29 is 13.2 Å². The summed E-state index contributed by atoms with van der Waals surface area (Å²) in [6, 6.07) is 10.0. The Kier molecular flexibility index (Phi) is 4.54. The first-order chi connectivity index (χ1) is 11.6. The molecule has 124 valence electrons. The van der Waals surface area contributed by atoms with Gasteiger partial charge in [0.2, 0.25) is 10.0 Å². The molecule has 0 aliphatic heterocycles. The second-order valence-electron chi connectivity index (χ2n) is 4.84. The summed E-state index contributed by atoms with van der Waals surface area (Å²) in [4.78, 5) is 4.08. The number of benzene rings is 1. The van der Waals surface area contributed by atoms with Gasteiger partial charge in [0, 0.05) is 6.20 Å². The van der Waals surface area contributed by atoms with Gasteiger partial charge in [-0.1, -0.05) is 17.3 Å². The molecule has 0 spiro atoms. The first kappa shape index (κ1) is 16.1. The lowest BCUT2D eigenvalue weighted by Gasteiger charge is -2.09. The van der Waals surface area contributed by atoms with E-state index in [0.29, 0.717) is 5.69 Å². The van der Waals surface area contributed by atoms with Crippen LogP contribution in [-0.4, -0.2) is 35.5 Å². The molecule has 0 aliphatic rings. The standard InChI is InChI=1S/C15H15N5O3S/c1-23-14-6-2-3-7-15(14)24(21,22)17-9-12-11-20(19-18-12)13-5-4-8-16-10-13/h2-8,10-11,17H,9H2,1H3. The highest BCUT2D eigenvalue weighted by atomic mass is 32.2. The van der Waals surface area contributed by atoms with Crippen molar-refractivity contribution in [3.63, 3.8) is 0 Å². The van der Waals surface area contributed by atoms with E-state index >= 15 is 0 Å².